The maximum absolute atomic E-state index is 15.0. The highest BCUT2D eigenvalue weighted by Crippen LogP contribution is 2.57. The van der Waals surface area contributed by atoms with Gasteiger partial charge in [-0.3, -0.25) is 4.57 Å². The first-order valence-electron chi connectivity index (χ1n) is 7.19. The zero-order chi connectivity index (χ0) is 16.1. The molecule has 5 atom stereocenters. The number of nitrogens with zero attached hydrogens (tertiary/aromatic N) is 2. The minimum atomic E-state index is -2.31. The summed E-state index contributed by atoms with van der Waals surface area (Å²) in [5.41, 5.74) is -0.857. The molecule has 3 heterocycles. The van der Waals surface area contributed by atoms with Crippen LogP contribution >= 0.6 is 7.34 Å². The Morgan fingerprint density at radius 2 is 2.36 bits per heavy atom. The van der Waals surface area contributed by atoms with E-state index in [-0.39, 0.29) is 6.61 Å². The molecule has 0 radical (unpaired) electrons. The van der Waals surface area contributed by atoms with Crippen LogP contribution in [0.25, 0.3) is 0 Å². The van der Waals surface area contributed by atoms with E-state index < -0.39 is 37.1 Å². The molecule has 2 fully saturated rings. The minimum absolute atomic E-state index is 0.215. The van der Waals surface area contributed by atoms with Crippen molar-refractivity contribution in [2.24, 2.45) is 0 Å². The summed E-state index contributed by atoms with van der Waals surface area (Å²) < 4.78 is 33.4. The van der Waals surface area contributed by atoms with E-state index in [4.69, 9.17) is 13.8 Å². The highest BCUT2D eigenvalue weighted by Gasteiger charge is 2.60. The summed E-state index contributed by atoms with van der Waals surface area (Å²) >= 11 is 0. The summed E-state index contributed by atoms with van der Waals surface area (Å²) in [4.78, 5) is 15.9. The van der Waals surface area contributed by atoms with Gasteiger partial charge in [0.25, 0.3) is 0 Å². The average Bonchev–Trinajstić information content (AvgIpc) is 2.72. The maximum Gasteiger partial charge on any atom is 0.349 e. The number of rotatable bonds is 2. The molecule has 0 amide bonds. The molecule has 0 saturated carbocycles. The third-order valence-corrected chi connectivity index (χ3v) is 5.54. The van der Waals surface area contributed by atoms with Gasteiger partial charge in [0.15, 0.2) is 12.4 Å². The Kier molecular flexibility index (Phi) is 3.80. The van der Waals surface area contributed by atoms with E-state index in [1.54, 1.807) is 19.7 Å². The number of ether oxygens (including phenoxy) is 1. The summed E-state index contributed by atoms with van der Waals surface area (Å²) in [6.45, 7) is 5.55. The van der Waals surface area contributed by atoms with Gasteiger partial charge in [-0.25, -0.2) is 9.18 Å². The SMILES string of the molecule is C=P1(C)OC[C@@]2(CC)O[C@@H](n3ccc(C)nc3=O)[C@H](F)[C@@H]2O1. The van der Waals surface area contributed by atoms with Gasteiger partial charge in [-0.15, -0.1) is 0 Å². The second-order valence-electron chi connectivity index (χ2n) is 5.94. The van der Waals surface area contributed by atoms with Crippen molar-refractivity contribution in [2.45, 2.75) is 44.4 Å². The first-order chi connectivity index (χ1) is 10.3. The van der Waals surface area contributed by atoms with Gasteiger partial charge >= 0.3 is 5.69 Å². The largest absolute Gasteiger partial charge is 0.349 e. The van der Waals surface area contributed by atoms with Crippen LogP contribution in [0.2, 0.25) is 0 Å². The summed E-state index contributed by atoms with van der Waals surface area (Å²) in [5, 5.41) is 0. The first-order valence-corrected chi connectivity index (χ1v) is 9.45. The first kappa shape index (κ1) is 15.9. The van der Waals surface area contributed by atoms with Gasteiger partial charge in [0.2, 0.25) is 0 Å². The third kappa shape index (κ3) is 2.46. The Hall–Kier alpha value is -1.01. The standard InChI is InChI=1S/C14H20FN2O4P/c1-5-14-8-19-22(3,4)21-11(14)10(15)12(20-14)17-7-6-9(2)16-13(17)18/h6-7,10-12H,3,5,8H2,1-2,4H3/t10-,11+,12-,14-,22?/m1/s1. The lowest BCUT2D eigenvalue weighted by atomic mass is 9.94. The number of fused-ring (bicyclic) bond motifs is 1. The molecule has 0 N–H and O–H groups in total. The smallest absolute Gasteiger partial charge is 0.343 e. The van der Waals surface area contributed by atoms with Crippen LogP contribution in [0.5, 0.6) is 0 Å². The van der Waals surface area contributed by atoms with Crippen molar-refractivity contribution in [1.82, 2.24) is 9.55 Å². The second-order valence-corrected chi connectivity index (χ2v) is 8.44. The quantitative estimate of drug-likeness (QED) is 0.775. The van der Waals surface area contributed by atoms with Crippen molar-refractivity contribution in [3.63, 3.8) is 0 Å². The number of halogens is 1. The normalized spacial score (nSPS) is 41.4. The van der Waals surface area contributed by atoms with Crippen LogP contribution in [0.3, 0.4) is 0 Å². The van der Waals surface area contributed by atoms with Crippen LogP contribution in [-0.4, -0.2) is 47.0 Å². The molecule has 2 saturated heterocycles. The van der Waals surface area contributed by atoms with E-state index in [0.717, 1.165) is 0 Å². The lowest BCUT2D eigenvalue weighted by Crippen LogP contribution is -2.49. The van der Waals surface area contributed by atoms with Crippen LogP contribution in [0.4, 0.5) is 4.39 Å². The molecule has 0 bridgehead atoms. The van der Waals surface area contributed by atoms with Crippen molar-refractivity contribution < 1.29 is 18.2 Å². The molecule has 1 unspecified atom stereocenters. The molecule has 1 aromatic heterocycles. The highest BCUT2D eigenvalue weighted by atomic mass is 31.2. The minimum Gasteiger partial charge on any atom is -0.343 e. The predicted octanol–water partition coefficient (Wildman–Crippen LogP) is 1.89. The van der Waals surface area contributed by atoms with E-state index in [1.807, 2.05) is 6.92 Å². The number of aromatic nitrogens is 2. The summed E-state index contributed by atoms with van der Waals surface area (Å²) in [6, 6.07) is 1.65. The van der Waals surface area contributed by atoms with Crippen LogP contribution in [0.15, 0.2) is 17.1 Å². The van der Waals surface area contributed by atoms with Crippen LogP contribution in [0, 0.1) is 6.92 Å². The maximum atomic E-state index is 15.0. The molecule has 6 nitrogen and oxygen atoms in total. The molecule has 0 aromatic carbocycles. The van der Waals surface area contributed by atoms with E-state index in [0.29, 0.717) is 12.1 Å². The van der Waals surface area contributed by atoms with Gasteiger partial charge < -0.3 is 13.8 Å². The summed E-state index contributed by atoms with van der Waals surface area (Å²) in [5.74, 6) is 0. The highest BCUT2D eigenvalue weighted by molar-refractivity contribution is 7.63. The lowest BCUT2D eigenvalue weighted by Gasteiger charge is -2.41. The van der Waals surface area contributed by atoms with Crippen molar-refractivity contribution in [1.29, 1.82) is 0 Å². The van der Waals surface area contributed by atoms with Crippen LogP contribution in [0.1, 0.15) is 25.3 Å². The molecule has 22 heavy (non-hydrogen) atoms. The van der Waals surface area contributed by atoms with Crippen molar-refractivity contribution in [3.8, 4) is 0 Å². The van der Waals surface area contributed by atoms with E-state index in [1.165, 1.54) is 10.8 Å². The van der Waals surface area contributed by atoms with Gasteiger partial charge in [0.1, 0.15) is 19.0 Å². The number of hydrogen-bond donors (Lipinski definition) is 0. The Morgan fingerprint density at radius 1 is 1.64 bits per heavy atom. The Bertz CT molecular complexity index is 694. The van der Waals surface area contributed by atoms with Gasteiger partial charge in [-0.1, -0.05) is 13.2 Å². The lowest BCUT2D eigenvalue weighted by molar-refractivity contribution is -0.136. The van der Waals surface area contributed by atoms with Crippen LogP contribution < -0.4 is 5.69 Å². The van der Waals surface area contributed by atoms with Crippen LogP contribution in [-0.2, 0) is 13.8 Å². The van der Waals surface area contributed by atoms with Gasteiger partial charge in [-0.05, 0) is 19.4 Å². The molecule has 0 aliphatic carbocycles. The topological polar surface area (TPSA) is 62.6 Å². The Labute approximate surface area is 128 Å². The molecule has 3 rings (SSSR count). The summed E-state index contributed by atoms with van der Waals surface area (Å²) in [7, 11) is -2.31. The van der Waals surface area contributed by atoms with Gasteiger partial charge in [-0.2, -0.15) is 4.98 Å². The fourth-order valence-corrected chi connectivity index (χ4v) is 4.23. The van der Waals surface area contributed by atoms with Gasteiger partial charge in [0.05, 0.1) is 6.61 Å². The fraction of sp³-hybridized carbons (Fsp3) is 0.643. The molecular weight excluding hydrogens is 310 g/mol. The van der Waals surface area contributed by atoms with Crippen molar-refractivity contribution in [2.75, 3.05) is 13.3 Å². The molecule has 122 valence electrons. The Balaban J connectivity index is 1.99. The third-order valence-electron chi connectivity index (χ3n) is 4.20. The predicted molar refractivity (Wildman–Crippen MR) is 82.1 cm³/mol. The molecule has 2 aliphatic rings. The Morgan fingerprint density at radius 3 is 3.00 bits per heavy atom. The van der Waals surface area contributed by atoms with E-state index in [2.05, 4.69) is 11.3 Å². The molecule has 1 aromatic rings. The molecule has 0 spiro atoms. The van der Waals surface area contributed by atoms with E-state index in [9.17, 15) is 9.18 Å². The average molecular weight is 330 g/mol. The van der Waals surface area contributed by atoms with Gasteiger partial charge in [0, 0.05) is 18.6 Å². The number of alkyl halides is 1. The monoisotopic (exact) mass is 330 g/mol. The zero-order valence-corrected chi connectivity index (χ0v) is 13.8. The molecule has 8 heteroatoms. The fourth-order valence-electron chi connectivity index (χ4n) is 2.89. The summed E-state index contributed by atoms with van der Waals surface area (Å²) in [6.07, 6.45) is 2.57. The van der Waals surface area contributed by atoms with E-state index >= 15 is 0 Å². The zero-order valence-electron chi connectivity index (χ0n) is 12.9. The number of aryl methyl sites for hydroxylation is 1. The number of hydrogen-bond acceptors (Lipinski definition) is 5. The second kappa shape index (κ2) is 5.27. The molecular formula is C14H20FN2O4P. The van der Waals surface area contributed by atoms with Crippen molar-refractivity contribution >= 4 is 13.6 Å². The molecule has 2 aliphatic heterocycles. The van der Waals surface area contributed by atoms with Crippen molar-refractivity contribution in [3.05, 3.63) is 28.4 Å².